The Morgan fingerprint density at radius 3 is 3.09 bits per heavy atom. The summed E-state index contributed by atoms with van der Waals surface area (Å²) in [6.45, 7) is 3.15. The Hall–Kier alpha value is -1.79. The number of benzene rings is 1. The molecule has 23 heavy (non-hydrogen) atoms. The van der Waals surface area contributed by atoms with E-state index in [1.165, 1.54) is 29.9 Å². The summed E-state index contributed by atoms with van der Waals surface area (Å²) < 4.78 is 13.5. The summed E-state index contributed by atoms with van der Waals surface area (Å²) in [6.07, 6.45) is 1.18. The third-order valence-electron chi connectivity index (χ3n) is 4.83. The third-order valence-corrected chi connectivity index (χ3v) is 5.79. The van der Waals surface area contributed by atoms with Crippen molar-refractivity contribution in [3.63, 3.8) is 0 Å². The molecule has 2 aromatic rings. The number of rotatable bonds is 3. The van der Waals surface area contributed by atoms with Gasteiger partial charge in [-0.1, -0.05) is 12.1 Å². The molecular weight excluding hydrogens is 313 g/mol. The molecule has 1 aromatic carbocycles. The Bertz CT molecular complexity index is 775. The van der Waals surface area contributed by atoms with Crippen LogP contribution >= 0.6 is 11.3 Å². The Balaban J connectivity index is 1.70. The molecule has 120 valence electrons. The van der Waals surface area contributed by atoms with Gasteiger partial charge in [0.15, 0.2) is 0 Å². The molecule has 1 saturated heterocycles. The van der Waals surface area contributed by atoms with Gasteiger partial charge in [-0.05, 0) is 37.3 Å². The van der Waals surface area contributed by atoms with Crippen LogP contribution in [-0.2, 0) is 0 Å². The highest BCUT2D eigenvalue weighted by atomic mass is 32.1. The Morgan fingerprint density at radius 2 is 2.35 bits per heavy atom. The van der Waals surface area contributed by atoms with E-state index in [-0.39, 0.29) is 17.8 Å². The van der Waals surface area contributed by atoms with E-state index in [1.807, 2.05) is 11.8 Å². The Kier molecular flexibility index (Phi) is 3.46. The average Bonchev–Trinajstić information content (AvgIpc) is 3.03. The molecular formula is C17H18FN3OS. The molecule has 1 saturated carbocycles. The van der Waals surface area contributed by atoms with Crippen LogP contribution in [0.4, 0.5) is 4.39 Å². The number of likely N-dealkylation sites (tertiary alicyclic amines) is 1. The number of fused-ring (bicyclic) bond motifs is 1. The van der Waals surface area contributed by atoms with Crippen molar-refractivity contribution in [1.29, 1.82) is 0 Å². The number of carbonyl (C=O) groups is 1. The molecule has 0 unspecified atom stereocenters. The van der Waals surface area contributed by atoms with Crippen molar-refractivity contribution in [2.45, 2.75) is 19.4 Å². The van der Waals surface area contributed by atoms with Gasteiger partial charge in [-0.3, -0.25) is 4.79 Å². The Morgan fingerprint density at radius 1 is 1.52 bits per heavy atom. The van der Waals surface area contributed by atoms with Crippen LogP contribution in [0.1, 0.15) is 21.1 Å². The number of nitrogens with zero attached hydrogens (tertiary/aromatic N) is 2. The van der Waals surface area contributed by atoms with Gasteiger partial charge in [0.05, 0.1) is 10.7 Å². The smallest absolute Gasteiger partial charge is 0.266 e. The molecule has 1 aliphatic heterocycles. The molecule has 2 aliphatic rings. The highest BCUT2D eigenvalue weighted by Crippen LogP contribution is 2.50. The molecule has 1 amide bonds. The van der Waals surface area contributed by atoms with Crippen molar-refractivity contribution in [2.75, 3.05) is 13.1 Å². The monoisotopic (exact) mass is 331 g/mol. The van der Waals surface area contributed by atoms with Crippen molar-refractivity contribution in [2.24, 2.45) is 17.6 Å². The second-order valence-corrected chi connectivity index (χ2v) is 7.54. The molecule has 3 atom stereocenters. The van der Waals surface area contributed by atoms with Gasteiger partial charge >= 0.3 is 0 Å². The number of aromatic nitrogens is 1. The van der Waals surface area contributed by atoms with Crippen LogP contribution in [0, 0.1) is 24.6 Å². The molecule has 2 fully saturated rings. The number of piperidine rings is 1. The van der Waals surface area contributed by atoms with Gasteiger partial charge < -0.3 is 10.6 Å². The summed E-state index contributed by atoms with van der Waals surface area (Å²) in [7, 11) is 0. The van der Waals surface area contributed by atoms with Gasteiger partial charge in [-0.15, -0.1) is 11.3 Å². The zero-order chi connectivity index (χ0) is 16.1. The van der Waals surface area contributed by atoms with Gasteiger partial charge in [0.25, 0.3) is 5.91 Å². The van der Waals surface area contributed by atoms with Crippen LogP contribution in [0.5, 0.6) is 0 Å². The fraction of sp³-hybridized carbons (Fsp3) is 0.412. The lowest BCUT2D eigenvalue weighted by atomic mass is 10.1. The van der Waals surface area contributed by atoms with Crippen LogP contribution in [0.2, 0.25) is 0 Å². The van der Waals surface area contributed by atoms with E-state index in [0.717, 1.165) is 11.6 Å². The van der Waals surface area contributed by atoms with Gasteiger partial charge in [0.2, 0.25) is 0 Å². The lowest BCUT2D eigenvalue weighted by molar-refractivity contribution is 0.0718. The molecule has 0 bridgehead atoms. The standard InChI is InChI=1S/C17H18FN3OS/c1-9-20-15(10-3-2-4-12(18)5-10)16(23-9)17(22)21-8-11-6-13(11)14(21)7-19/h2-5,11,13-14H,6-8,19H2,1H3/t11-,13-,14+/m0/s1. The lowest BCUT2D eigenvalue weighted by Crippen LogP contribution is -2.42. The van der Waals surface area contributed by atoms with E-state index in [0.29, 0.717) is 34.5 Å². The number of amides is 1. The number of hydrogen-bond donors (Lipinski definition) is 1. The van der Waals surface area contributed by atoms with E-state index in [1.54, 1.807) is 12.1 Å². The zero-order valence-electron chi connectivity index (χ0n) is 12.8. The summed E-state index contributed by atoms with van der Waals surface area (Å²) in [5.74, 6) is 0.834. The molecule has 4 nitrogen and oxygen atoms in total. The number of carbonyl (C=O) groups excluding carboxylic acids is 1. The van der Waals surface area contributed by atoms with E-state index in [2.05, 4.69) is 4.98 Å². The van der Waals surface area contributed by atoms with E-state index in [4.69, 9.17) is 5.73 Å². The molecule has 2 N–H and O–H groups in total. The summed E-state index contributed by atoms with van der Waals surface area (Å²) in [4.78, 5) is 20.0. The maximum Gasteiger partial charge on any atom is 0.266 e. The maximum absolute atomic E-state index is 13.5. The second kappa shape index (κ2) is 5.39. The first-order chi connectivity index (χ1) is 11.1. The van der Waals surface area contributed by atoms with E-state index in [9.17, 15) is 9.18 Å². The number of aryl methyl sites for hydroxylation is 1. The highest BCUT2D eigenvalue weighted by molar-refractivity contribution is 7.14. The number of hydrogen-bond acceptors (Lipinski definition) is 4. The fourth-order valence-electron chi connectivity index (χ4n) is 3.64. The minimum absolute atomic E-state index is 0.0162. The van der Waals surface area contributed by atoms with Gasteiger partial charge in [-0.2, -0.15) is 0 Å². The quantitative estimate of drug-likeness (QED) is 0.941. The molecule has 0 spiro atoms. The van der Waals surface area contributed by atoms with Gasteiger partial charge in [-0.25, -0.2) is 9.37 Å². The highest BCUT2D eigenvalue weighted by Gasteiger charge is 2.53. The molecule has 6 heteroatoms. The average molecular weight is 331 g/mol. The van der Waals surface area contributed by atoms with Crippen LogP contribution in [0.15, 0.2) is 24.3 Å². The van der Waals surface area contributed by atoms with E-state index >= 15 is 0 Å². The molecule has 4 rings (SSSR count). The van der Waals surface area contributed by atoms with Crippen molar-refractivity contribution >= 4 is 17.2 Å². The van der Waals surface area contributed by atoms with E-state index < -0.39 is 0 Å². The van der Waals surface area contributed by atoms with Crippen LogP contribution < -0.4 is 5.73 Å². The number of halogens is 1. The van der Waals surface area contributed by atoms with Crippen molar-refractivity contribution in [3.8, 4) is 11.3 Å². The Labute approximate surface area is 138 Å². The topological polar surface area (TPSA) is 59.2 Å². The van der Waals surface area contributed by atoms with Crippen molar-refractivity contribution in [3.05, 3.63) is 40.0 Å². The molecule has 0 radical (unpaired) electrons. The lowest BCUT2D eigenvalue weighted by Gasteiger charge is -2.26. The molecule has 2 heterocycles. The number of thiazole rings is 1. The summed E-state index contributed by atoms with van der Waals surface area (Å²) in [5.41, 5.74) is 7.10. The molecule has 1 aromatic heterocycles. The van der Waals surface area contributed by atoms with Crippen LogP contribution in [-0.4, -0.2) is 34.9 Å². The van der Waals surface area contributed by atoms with Crippen LogP contribution in [0.3, 0.4) is 0 Å². The summed E-state index contributed by atoms with van der Waals surface area (Å²) in [5, 5.41) is 0.807. The van der Waals surface area contributed by atoms with Crippen molar-refractivity contribution in [1.82, 2.24) is 9.88 Å². The van der Waals surface area contributed by atoms with Gasteiger partial charge in [0, 0.05) is 24.7 Å². The second-order valence-electron chi connectivity index (χ2n) is 6.34. The third kappa shape index (κ3) is 2.46. The summed E-state index contributed by atoms with van der Waals surface area (Å²) in [6, 6.07) is 6.38. The minimum atomic E-state index is -0.325. The van der Waals surface area contributed by atoms with Crippen molar-refractivity contribution < 1.29 is 9.18 Å². The predicted molar refractivity (Wildman–Crippen MR) is 87.7 cm³/mol. The maximum atomic E-state index is 13.5. The number of nitrogens with two attached hydrogens (primary N) is 1. The zero-order valence-corrected chi connectivity index (χ0v) is 13.6. The first-order valence-corrected chi connectivity index (χ1v) is 8.64. The predicted octanol–water partition coefficient (Wildman–Crippen LogP) is 2.68. The minimum Gasteiger partial charge on any atom is -0.333 e. The fourth-order valence-corrected chi connectivity index (χ4v) is 4.54. The largest absolute Gasteiger partial charge is 0.333 e. The molecule has 1 aliphatic carbocycles. The SMILES string of the molecule is Cc1nc(-c2cccc(F)c2)c(C(=O)N2C[C@@H]3C[C@@H]3[C@H]2CN)s1. The first-order valence-electron chi connectivity index (χ1n) is 7.83. The van der Waals surface area contributed by atoms with Gasteiger partial charge in [0.1, 0.15) is 10.7 Å². The summed E-state index contributed by atoms with van der Waals surface area (Å²) >= 11 is 1.37. The van der Waals surface area contributed by atoms with Crippen LogP contribution in [0.25, 0.3) is 11.3 Å². The normalized spacial score (nSPS) is 25.5. The first kappa shape index (κ1) is 14.8.